The molecule has 0 aliphatic carbocycles. The van der Waals surface area contributed by atoms with Gasteiger partial charge >= 0.3 is 5.97 Å². The number of hydrogen-bond donors (Lipinski definition) is 4. The van der Waals surface area contributed by atoms with Gasteiger partial charge in [-0.3, -0.25) is 19.7 Å². The average molecular weight is 496 g/mol. The number of carbonyl (C=O) groups is 3. The monoisotopic (exact) mass is 495 g/mol. The van der Waals surface area contributed by atoms with Crippen LogP contribution in [0.3, 0.4) is 0 Å². The third-order valence-electron chi connectivity index (χ3n) is 7.74. The van der Waals surface area contributed by atoms with Crippen molar-refractivity contribution >= 4 is 34.4 Å². The number of imide groups is 1. The number of fused-ring (bicyclic) bond motifs is 2. The number of para-hydroxylation sites is 2. The maximum absolute atomic E-state index is 14.0. The van der Waals surface area contributed by atoms with Gasteiger partial charge in [0.1, 0.15) is 11.3 Å². The van der Waals surface area contributed by atoms with Crippen LogP contribution in [0.25, 0.3) is 10.9 Å². The molecule has 4 aromatic rings. The summed E-state index contributed by atoms with van der Waals surface area (Å²) in [5.41, 5.74) is 1.53. The molecule has 2 aliphatic rings. The average Bonchev–Trinajstić information content (AvgIpc) is 3.53. The van der Waals surface area contributed by atoms with Crippen LogP contribution in [0.15, 0.2) is 79.0 Å². The molecular weight excluding hydrogens is 470 g/mol. The first-order valence-electron chi connectivity index (χ1n) is 12.1. The van der Waals surface area contributed by atoms with Crippen molar-refractivity contribution < 1.29 is 24.6 Å². The fraction of sp³-hybridized carbons (Fsp3) is 0.207. The van der Waals surface area contributed by atoms with E-state index in [1.54, 1.807) is 48.7 Å². The molecular formula is C29H25N3O5. The van der Waals surface area contributed by atoms with Crippen molar-refractivity contribution in [2.75, 3.05) is 4.90 Å². The molecule has 0 spiro atoms. The number of aliphatic carboxylic acids is 1. The molecule has 0 saturated carbocycles. The van der Waals surface area contributed by atoms with Crippen LogP contribution in [-0.2, 0) is 20.8 Å². The number of phenols is 1. The third kappa shape index (κ3) is 3.37. The van der Waals surface area contributed by atoms with Crippen molar-refractivity contribution in [3.05, 3.63) is 95.7 Å². The van der Waals surface area contributed by atoms with Crippen LogP contribution in [0.1, 0.15) is 22.7 Å². The van der Waals surface area contributed by atoms with Gasteiger partial charge in [0.05, 0.1) is 17.5 Å². The maximum Gasteiger partial charge on any atom is 0.325 e. The van der Waals surface area contributed by atoms with Gasteiger partial charge in [0.25, 0.3) is 0 Å². The van der Waals surface area contributed by atoms with E-state index in [-0.39, 0.29) is 12.2 Å². The van der Waals surface area contributed by atoms with Crippen LogP contribution < -0.4 is 10.2 Å². The lowest BCUT2D eigenvalue weighted by molar-refractivity contribution is -0.148. The predicted molar refractivity (Wildman–Crippen MR) is 137 cm³/mol. The molecule has 2 amide bonds. The zero-order chi connectivity index (χ0) is 25.9. The SMILES string of the molecule is Cc1ccc(N2C(=O)[C@H]3[C@@H](C2=O)[C@](Cc2c[nH]c4ccccc24)(C(=O)O)N[C@H]3c2ccccc2O)cc1. The molecule has 8 nitrogen and oxygen atoms in total. The topological polar surface area (TPSA) is 123 Å². The zero-order valence-corrected chi connectivity index (χ0v) is 20.0. The largest absolute Gasteiger partial charge is 0.508 e. The van der Waals surface area contributed by atoms with Crippen molar-refractivity contribution in [3.63, 3.8) is 0 Å². The van der Waals surface area contributed by atoms with Crippen molar-refractivity contribution in [3.8, 4) is 5.75 Å². The van der Waals surface area contributed by atoms with Crippen LogP contribution in [0.4, 0.5) is 5.69 Å². The molecule has 2 aliphatic heterocycles. The van der Waals surface area contributed by atoms with E-state index in [0.29, 0.717) is 11.3 Å². The van der Waals surface area contributed by atoms with Gasteiger partial charge in [0, 0.05) is 35.1 Å². The van der Waals surface area contributed by atoms with Crippen molar-refractivity contribution in [2.24, 2.45) is 11.8 Å². The van der Waals surface area contributed by atoms with Crippen LogP contribution in [-0.4, -0.2) is 38.5 Å². The van der Waals surface area contributed by atoms with E-state index in [1.165, 1.54) is 6.07 Å². The van der Waals surface area contributed by atoms with Crippen molar-refractivity contribution in [2.45, 2.75) is 24.9 Å². The first kappa shape index (κ1) is 23.0. The number of carbonyl (C=O) groups excluding carboxylic acids is 2. The summed E-state index contributed by atoms with van der Waals surface area (Å²) in [6.45, 7) is 1.90. The quantitative estimate of drug-likeness (QED) is 0.313. The van der Waals surface area contributed by atoms with Gasteiger partial charge in [0.2, 0.25) is 11.8 Å². The van der Waals surface area contributed by atoms with E-state index >= 15 is 0 Å². The first-order valence-corrected chi connectivity index (χ1v) is 12.1. The minimum atomic E-state index is -1.78. The number of carboxylic acids is 1. The second-order valence-electron chi connectivity index (χ2n) is 9.84. The second kappa shape index (κ2) is 8.31. The van der Waals surface area contributed by atoms with E-state index in [9.17, 15) is 24.6 Å². The summed E-state index contributed by atoms with van der Waals surface area (Å²) in [4.78, 5) is 45.3. The Morgan fingerprint density at radius 2 is 1.68 bits per heavy atom. The number of H-pyrrole nitrogens is 1. The molecule has 4 N–H and O–H groups in total. The molecule has 4 atom stereocenters. The fourth-order valence-electron chi connectivity index (χ4n) is 5.98. The second-order valence-corrected chi connectivity index (χ2v) is 9.84. The normalized spacial score (nSPS) is 25.1. The van der Waals surface area contributed by atoms with Crippen LogP contribution in [0, 0.1) is 18.8 Å². The zero-order valence-electron chi connectivity index (χ0n) is 20.0. The number of aromatic hydroxyl groups is 1. The van der Waals surface area contributed by atoms with Gasteiger partial charge in [-0.2, -0.15) is 0 Å². The van der Waals surface area contributed by atoms with Gasteiger partial charge < -0.3 is 15.2 Å². The smallest absolute Gasteiger partial charge is 0.325 e. The summed E-state index contributed by atoms with van der Waals surface area (Å²) >= 11 is 0. The number of rotatable bonds is 5. The Hall–Kier alpha value is -4.43. The minimum Gasteiger partial charge on any atom is -0.508 e. The first-order chi connectivity index (χ1) is 17.8. The fourth-order valence-corrected chi connectivity index (χ4v) is 5.98. The lowest BCUT2D eigenvalue weighted by Gasteiger charge is -2.31. The molecule has 8 heteroatoms. The van der Waals surface area contributed by atoms with Crippen molar-refractivity contribution in [1.82, 2.24) is 10.3 Å². The molecule has 0 bridgehead atoms. The number of aryl methyl sites for hydroxylation is 1. The van der Waals surface area contributed by atoms with Crippen LogP contribution in [0.5, 0.6) is 5.75 Å². The molecule has 2 saturated heterocycles. The van der Waals surface area contributed by atoms with E-state index in [0.717, 1.165) is 26.9 Å². The van der Waals surface area contributed by atoms with E-state index in [1.807, 2.05) is 31.2 Å². The number of benzene rings is 3. The number of aromatic amines is 1. The molecule has 0 radical (unpaired) electrons. The number of anilines is 1. The Morgan fingerprint density at radius 3 is 2.41 bits per heavy atom. The number of carboxylic acid groups (broad SMARTS) is 1. The Balaban J connectivity index is 1.52. The lowest BCUT2D eigenvalue weighted by Crippen LogP contribution is -2.57. The van der Waals surface area contributed by atoms with Crippen molar-refractivity contribution in [1.29, 1.82) is 0 Å². The summed E-state index contributed by atoms with van der Waals surface area (Å²) in [6.07, 6.45) is 1.72. The number of aromatic nitrogens is 1. The Kier molecular flexibility index (Phi) is 5.17. The number of amides is 2. The number of hydrogen-bond acceptors (Lipinski definition) is 5. The highest BCUT2D eigenvalue weighted by atomic mass is 16.4. The lowest BCUT2D eigenvalue weighted by atomic mass is 9.76. The Labute approximate surface area is 212 Å². The van der Waals surface area contributed by atoms with Gasteiger partial charge in [-0.25, -0.2) is 4.90 Å². The number of phenolic OH excluding ortho intramolecular Hbond substituents is 1. The Bertz CT molecular complexity index is 1560. The van der Waals surface area contributed by atoms with Gasteiger partial charge in [-0.15, -0.1) is 0 Å². The molecule has 186 valence electrons. The van der Waals surface area contributed by atoms with E-state index in [2.05, 4.69) is 10.3 Å². The number of nitrogens with zero attached hydrogens (tertiary/aromatic N) is 1. The highest BCUT2D eigenvalue weighted by Gasteiger charge is 2.69. The third-order valence-corrected chi connectivity index (χ3v) is 7.74. The molecule has 0 unspecified atom stereocenters. The molecule has 37 heavy (non-hydrogen) atoms. The Morgan fingerprint density at radius 1 is 0.973 bits per heavy atom. The van der Waals surface area contributed by atoms with E-state index in [4.69, 9.17) is 0 Å². The van der Waals surface area contributed by atoms with Gasteiger partial charge in [0.15, 0.2) is 0 Å². The predicted octanol–water partition coefficient (Wildman–Crippen LogP) is 3.70. The summed E-state index contributed by atoms with van der Waals surface area (Å²) in [6, 6.07) is 20.2. The molecule has 6 rings (SSSR count). The summed E-state index contributed by atoms with van der Waals surface area (Å²) in [5.74, 6) is -4.53. The van der Waals surface area contributed by atoms with Gasteiger partial charge in [-0.1, -0.05) is 54.1 Å². The van der Waals surface area contributed by atoms with Crippen LogP contribution >= 0.6 is 0 Å². The van der Waals surface area contributed by atoms with Crippen LogP contribution in [0.2, 0.25) is 0 Å². The summed E-state index contributed by atoms with van der Waals surface area (Å²) in [5, 5.41) is 25.4. The maximum atomic E-state index is 14.0. The minimum absolute atomic E-state index is 0.0294. The molecule has 2 fully saturated rings. The summed E-state index contributed by atoms with van der Waals surface area (Å²) < 4.78 is 0. The summed E-state index contributed by atoms with van der Waals surface area (Å²) in [7, 11) is 0. The van der Waals surface area contributed by atoms with Gasteiger partial charge in [-0.05, 0) is 36.8 Å². The molecule has 3 heterocycles. The highest BCUT2D eigenvalue weighted by Crippen LogP contribution is 2.52. The molecule has 1 aromatic heterocycles. The number of nitrogens with one attached hydrogen (secondary N) is 2. The van der Waals surface area contributed by atoms with E-state index < -0.39 is 41.2 Å². The standard InChI is InChI=1S/C29H25N3O5/c1-16-10-12-18(13-11-16)32-26(34)23-24(27(32)35)29(28(36)37,31-25(23)20-7-3-5-9-22(20)33)14-17-15-30-21-8-4-2-6-19(17)21/h2-13,15,23-25,30-31,33H,14H2,1H3,(H,36,37)/t23-,24-,25-,29+/m0/s1. The molecule has 3 aromatic carbocycles. The highest BCUT2D eigenvalue weighted by molar-refractivity contribution is 6.24.